The first-order valence-electron chi connectivity index (χ1n) is 7.79. The van der Waals surface area contributed by atoms with Gasteiger partial charge < -0.3 is 4.90 Å². The summed E-state index contributed by atoms with van der Waals surface area (Å²) in [5.74, 6) is 1.28. The SMILES string of the molecule is CCC(C(=O)N(CC(C)C)CC(C)C)c1ccccc1. The van der Waals surface area contributed by atoms with Gasteiger partial charge in [-0.05, 0) is 23.8 Å². The molecular weight excluding hydrogens is 246 g/mol. The Kier molecular flexibility index (Phi) is 6.77. The summed E-state index contributed by atoms with van der Waals surface area (Å²) in [5, 5.41) is 0. The van der Waals surface area contributed by atoms with Crippen molar-refractivity contribution >= 4 is 5.91 Å². The summed E-state index contributed by atoms with van der Waals surface area (Å²) >= 11 is 0. The Morgan fingerprint density at radius 2 is 1.50 bits per heavy atom. The maximum Gasteiger partial charge on any atom is 0.230 e. The molecular formula is C18H29NO. The van der Waals surface area contributed by atoms with E-state index < -0.39 is 0 Å². The number of nitrogens with zero attached hydrogens (tertiary/aromatic N) is 1. The first-order chi connectivity index (χ1) is 9.45. The van der Waals surface area contributed by atoms with Crippen molar-refractivity contribution < 1.29 is 4.79 Å². The Balaban J connectivity index is 2.90. The van der Waals surface area contributed by atoms with E-state index in [4.69, 9.17) is 0 Å². The summed E-state index contributed by atoms with van der Waals surface area (Å²) in [6.45, 7) is 12.5. The van der Waals surface area contributed by atoms with Crippen LogP contribution in [0.5, 0.6) is 0 Å². The van der Waals surface area contributed by atoms with Gasteiger partial charge in [-0.15, -0.1) is 0 Å². The molecule has 0 N–H and O–H groups in total. The van der Waals surface area contributed by atoms with Crippen LogP contribution < -0.4 is 0 Å². The molecule has 20 heavy (non-hydrogen) atoms. The number of carbonyl (C=O) groups excluding carboxylic acids is 1. The molecule has 1 unspecified atom stereocenters. The summed E-state index contributed by atoms with van der Waals surface area (Å²) < 4.78 is 0. The second-order valence-electron chi connectivity index (χ2n) is 6.40. The van der Waals surface area contributed by atoms with E-state index in [1.807, 2.05) is 18.2 Å². The highest BCUT2D eigenvalue weighted by molar-refractivity contribution is 5.83. The van der Waals surface area contributed by atoms with Gasteiger partial charge in [-0.2, -0.15) is 0 Å². The lowest BCUT2D eigenvalue weighted by molar-refractivity contribution is -0.134. The molecule has 1 rings (SSSR count). The molecule has 0 bridgehead atoms. The molecule has 0 saturated carbocycles. The van der Waals surface area contributed by atoms with Crippen molar-refractivity contribution in [3.05, 3.63) is 35.9 Å². The van der Waals surface area contributed by atoms with E-state index in [0.717, 1.165) is 25.1 Å². The summed E-state index contributed by atoms with van der Waals surface area (Å²) in [6.07, 6.45) is 0.857. The van der Waals surface area contributed by atoms with Crippen molar-refractivity contribution in [3.63, 3.8) is 0 Å². The van der Waals surface area contributed by atoms with Crippen LogP contribution in [0.15, 0.2) is 30.3 Å². The monoisotopic (exact) mass is 275 g/mol. The fourth-order valence-electron chi connectivity index (χ4n) is 2.59. The number of carbonyl (C=O) groups is 1. The molecule has 0 spiro atoms. The topological polar surface area (TPSA) is 20.3 Å². The first kappa shape index (κ1) is 16.7. The van der Waals surface area contributed by atoms with Crippen LogP contribution in [0, 0.1) is 11.8 Å². The molecule has 0 aromatic heterocycles. The van der Waals surface area contributed by atoms with Gasteiger partial charge in [0.15, 0.2) is 0 Å². The Morgan fingerprint density at radius 1 is 1.00 bits per heavy atom. The largest absolute Gasteiger partial charge is 0.342 e. The van der Waals surface area contributed by atoms with E-state index in [2.05, 4.69) is 51.7 Å². The standard InChI is InChI=1S/C18H29NO/c1-6-17(16-10-8-7-9-11-16)18(20)19(12-14(2)3)13-15(4)5/h7-11,14-15,17H,6,12-13H2,1-5H3. The zero-order valence-electron chi connectivity index (χ0n) is 13.6. The van der Waals surface area contributed by atoms with Gasteiger partial charge in [0.25, 0.3) is 0 Å². The minimum atomic E-state index is -0.00583. The molecule has 0 heterocycles. The third kappa shape index (κ3) is 4.99. The van der Waals surface area contributed by atoms with E-state index in [0.29, 0.717) is 11.8 Å². The first-order valence-corrected chi connectivity index (χ1v) is 7.79. The number of benzene rings is 1. The van der Waals surface area contributed by atoms with Crippen LogP contribution in [-0.2, 0) is 4.79 Å². The van der Waals surface area contributed by atoms with Crippen LogP contribution in [-0.4, -0.2) is 23.9 Å². The minimum Gasteiger partial charge on any atom is -0.342 e. The molecule has 2 heteroatoms. The van der Waals surface area contributed by atoms with Gasteiger partial charge in [0.2, 0.25) is 5.91 Å². The summed E-state index contributed by atoms with van der Waals surface area (Å²) in [5.41, 5.74) is 1.14. The number of hydrogen-bond acceptors (Lipinski definition) is 1. The van der Waals surface area contributed by atoms with Crippen LogP contribution in [0.2, 0.25) is 0 Å². The predicted octanol–water partition coefficient (Wildman–Crippen LogP) is 4.32. The molecule has 112 valence electrons. The Bertz CT molecular complexity index is 387. The Morgan fingerprint density at radius 3 is 1.90 bits per heavy atom. The average Bonchev–Trinajstić information content (AvgIpc) is 2.39. The molecule has 1 amide bonds. The van der Waals surface area contributed by atoms with Gasteiger partial charge in [-0.1, -0.05) is 65.0 Å². The molecule has 1 atom stereocenters. The highest BCUT2D eigenvalue weighted by Crippen LogP contribution is 2.23. The van der Waals surface area contributed by atoms with Gasteiger partial charge >= 0.3 is 0 Å². The smallest absolute Gasteiger partial charge is 0.230 e. The van der Waals surface area contributed by atoms with E-state index in [-0.39, 0.29) is 11.8 Å². The van der Waals surface area contributed by atoms with Crippen molar-refractivity contribution in [1.82, 2.24) is 4.90 Å². The lowest BCUT2D eigenvalue weighted by Gasteiger charge is -2.30. The van der Waals surface area contributed by atoms with Crippen LogP contribution in [0.1, 0.15) is 52.5 Å². The maximum absolute atomic E-state index is 12.9. The molecule has 1 aromatic rings. The fraction of sp³-hybridized carbons (Fsp3) is 0.611. The van der Waals surface area contributed by atoms with Gasteiger partial charge in [0, 0.05) is 13.1 Å². The number of hydrogen-bond donors (Lipinski definition) is 0. The quantitative estimate of drug-likeness (QED) is 0.725. The van der Waals surface area contributed by atoms with E-state index in [1.165, 1.54) is 0 Å². The molecule has 2 nitrogen and oxygen atoms in total. The Hall–Kier alpha value is -1.31. The zero-order valence-corrected chi connectivity index (χ0v) is 13.6. The highest BCUT2D eigenvalue weighted by atomic mass is 16.2. The third-order valence-electron chi connectivity index (χ3n) is 3.39. The number of amides is 1. The summed E-state index contributed by atoms with van der Waals surface area (Å²) in [6, 6.07) is 10.2. The van der Waals surface area contributed by atoms with E-state index in [9.17, 15) is 4.79 Å². The summed E-state index contributed by atoms with van der Waals surface area (Å²) in [7, 11) is 0. The molecule has 0 saturated heterocycles. The third-order valence-corrected chi connectivity index (χ3v) is 3.39. The normalized spacial score (nSPS) is 12.8. The van der Waals surface area contributed by atoms with Crippen molar-refractivity contribution in [2.75, 3.05) is 13.1 Å². The molecule has 0 aliphatic rings. The molecule has 0 fully saturated rings. The van der Waals surface area contributed by atoms with Gasteiger partial charge in [0.1, 0.15) is 0 Å². The number of rotatable bonds is 7. The minimum absolute atomic E-state index is 0.00583. The molecule has 0 aliphatic carbocycles. The van der Waals surface area contributed by atoms with Crippen LogP contribution in [0.3, 0.4) is 0 Å². The second kappa shape index (κ2) is 8.08. The van der Waals surface area contributed by atoms with Gasteiger partial charge in [-0.3, -0.25) is 4.79 Å². The van der Waals surface area contributed by atoms with Crippen LogP contribution >= 0.6 is 0 Å². The van der Waals surface area contributed by atoms with Crippen molar-refractivity contribution in [2.45, 2.75) is 47.0 Å². The molecule has 0 aliphatic heterocycles. The highest BCUT2D eigenvalue weighted by Gasteiger charge is 2.25. The molecule has 1 aromatic carbocycles. The average molecular weight is 275 g/mol. The zero-order chi connectivity index (χ0) is 15.1. The van der Waals surface area contributed by atoms with E-state index >= 15 is 0 Å². The van der Waals surface area contributed by atoms with Gasteiger partial charge in [-0.25, -0.2) is 0 Å². The van der Waals surface area contributed by atoms with Crippen molar-refractivity contribution in [1.29, 1.82) is 0 Å². The van der Waals surface area contributed by atoms with Gasteiger partial charge in [0.05, 0.1) is 5.92 Å². The van der Waals surface area contributed by atoms with Crippen molar-refractivity contribution in [3.8, 4) is 0 Å². The maximum atomic E-state index is 12.9. The second-order valence-corrected chi connectivity index (χ2v) is 6.40. The predicted molar refractivity (Wildman–Crippen MR) is 85.7 cm³/mol. The lowest BCUT2D eigenvalue weighted by Crippen LogP contribution is -2.39. The van der Waals surface area contributed by atoms with Crippen LogP contribution in [0.4, 0.5) is 0 Å². The van der Waals surface area contributed by atoms with Crippen molar-refractivity contribution in [2.24, 2.45) is 11.8 Å². The molecule has 0 radical (unpaired) electrons. The summed E-state index contributed by atoms with van der Waals surface area (Å²) in [4.78, 5) is 14.9. The Labute approximate surface area is 124 Å². The lowest BCUT2D eigenvalue weighted by atomic mass is 9.94. The fourth-order valence-corrected chi connectivity index (χ4v) is 2.59. The van der Waals surface area contributed by atoms with Crippen LogP contribution in [0.25, 0.3) is 0 Å². The van der Waals surface area contributed by atoms with E-state index in [1.54, 1.807) is 0 Å².